The standard InChI is InChI=1S/C6H9NO/c1-3-6(4-7)5(2)8/h3-4,7H,1-2H3. The molecule has 0 aromatic rings. The van der Waals surface area contributed by atoms with E-state index >= 15 is 0 Å². The summed E-state index contributed by atoms with van der Waals surface area (Å²) in [6.07, 6.45) is 2.68. The molecule has 0 heterocycles. The number of rotatable bonds is 2. The summed E-state index contributed by atoms with van der Waals surface area (Å²) in [5.74, 6) is -0.0532. The Bertz CT molecular complexity index is 135. The fourth-order valence-corrected chi connectivity index (χ4v) is 0.388. The maximum atomic E-state index is 10.4. The SMILES string of the molecule is CC=C(C=N)C(C)=O. The first-order valence-corrected chi connectivity index (χ1v) is 2.40. The Hall–Kier alpha value is -0.920. The molecule has 0 bridgehead atoms. The van der Waals surface area contributed by atoms with Gasteiger partial charge < -0.3 is 5.41 Å². The molecule has 0 radical (unpaired) electrons. The average molecular weight is 111 g/mol. The van der Waals surface area contributed by atoms with E-state index in [1.165, 1.54) is 6.92 Å². The van der Waals surface area contributed by atoms with Crippen molar-refractivity contribution in [3.05, 3.63) is 11.6 Å². The first kappa shape index (κ1) is 7.08. The number of allylic oxidation sites excluding steroid dienone is 2. The number of hydrogen-bond donors (Lipinski definition) is 1. The lowest BCUT2D eigenvalue weighted by Gasteiger charge is -1.86. The second-order valence-corrected chi connectivity index (χ2v) is 1.44. The van der Waals surface area contributed by atoms with Crippen molar-refractivity contribution in [2.24, 2.45) is 0 Å². The van der Waals surface area contributed by atoms with Crippen LogP contribution in [-0.2, 0) is 4.79 Å². The molecule has 0 amide bonds. The molecule has 0 fully saturated rings. The Morgan fingerprint density at radius 1 is 1.62 bits per heavy atom. The number of nitrogens with one attached hydrogen (secondary N) is 1. The highest BCUT2D eigenvalue weighted by Gasteiger charge is 1.93. The molecule has 0 spiro atoms. The Balaban J connectivity index is 4.13. The summed E-state index contributed by atoms with van der Waals surface area (Å²) < 4.78 is 0. The molecule has 0 aliphatic carbocycles. The van der Waals surface area contributed by atoms with Gasteiger partial charge in [0.2, 0.25) is 0 Å². The largest absolute Gasteiger partial charge is 0.308 e. The summed E-state index contributed by atoms with van der Waals surface area (Å²) in [6, 6.07) is 0. The molecule has 0 saturated heterocycles. The molecule has 0 aromatic carbocycles. The van der Waals surface area contributed by atoms with Gasteiger partial charge in [0.1, 0.15) is 0 Å². The van der Waals surface area contributed by atoms with Crippen LogP contribution in [0.3, 0.4) is 0 Å². The van der Waals surface area contributed by atoms with E-state index in [-0.39, 0.29) is 5.78 Å². The van der Waals surface area contributed by atoms with Crippen molar-refractivity contribution >= 4 is 12.0 Å². The van der Waals surface area contributed by atoms with Gasteiger partial charge in [-0.15, -0.1) is 0 Å². The molecule has 2 nitrogen and oxygen atoms in total. The normalized spacial score (nSPS) is 11.0. The van der Waals surface area contributed by atoms with E-state index in [2.05, 4.69) is 0 Å². The lowest BCUT2D eigenvalue weighted by molar-refractivity contribution is -0.113. The number of hydrogen-bond acceptors (Lipinski definition) is 2. The molecular weight excluding hydrogens is 102 g/mol. The minimum absolute atomic E-state index is 0.0532. The third-order valence-electron chi connectivity index (χ3n) is 0.873. The van der Waals surface area contributed by atoms with Gasteiger partial charge in [0.05, 0.1) is 0 Å². The van der Waals surface area contributed by atoms with Gasteiger partial charge in [0.25, 0.3) is 0 Å². The molecule has 0 rings (SSSR count). The van der Waals surface area contributed by atoms with Crippen LogP contribution in [0, 0.1) is 5.41 Å². The van der Waals surface area contributed by atoms with E-state index in [4.69, 9.17) is 5.41 Å². The van der Waals surface area contributed by atoms with Crippen LogP contribution in [0.15, 0.2) is 11.6 Å². The molecule has 0 saturated carbocycles. The van der Waals surface area contributed by atoms with Crippen LogP contribution in [0.25, 0.3) is 0 Å². The van der Waals surface area contributed by atoms with E-state index in [0.717, 1.165) is 6.21 Å². The maximum absolute atomic E-state index is 10.4. The van der Waals surface area contributed by atoms with Gasteiger partial charge in [-0.25, -0.2) is 0 Å². The van der Waals surface area contributed by atoms with Gasteiger partial charge in [-0.3, -0.25) is 4.79 Å². The van der Waals surface area contributed by atoms with Gasteiger partial charge in [-0.05, 0) is 13.8 Å². The van der Waals surface area contributed by atoms with Crippen molar-refractivity contribution in [3.63, 3.8) is 0 Å². The lowest BCUT2D eigenvalue weighted by atomic mass is 10.2. The van der Waals surface area contributed by atoms with Crippen molar-refractivity contribution in [1.29, 1.82) is 5.41 Å². The highest BCUT2D eigenvalue weighted by atomic mass is 16.1. The van der Waals surface area contributed by atoms with Gasteiger partial charge in [-0.2, -0.15) is 0 Å². The van der Waals surface area contributed by atoms with Gasteiger partial charge in [0, 0.05) is 11.8 Å². The molecule has 0 aliphatic heterocycles. The molecule has 0 atom stereocenters. The third kappa shape index (κ3) is 1.69. The van der Waals surface area contributed by atoms with Crippen LogP contribution < -0.4 is 0 Å². The van der Waals surface area contributed by atoms with E-state index in [0.29, 0.717) is 5.57 Å². The lowest BCUT2D eigenvalue weighted by Crippen LogP contribution is -1.95. The predicted octanol–water partition coefficient (Wildman–Crippen LogP) is 1.17. The molecular formula is C6H9NO. The second kappa shape index (κ2) is 3.13. The zero-order valence-electron chi connectivity index (χ0n) is 5.06. The number of carbonyl (C=O) groups is 1. The highest BCUT2D eigenvalue weighted by molar-refractivity contribution is 6.11. The number of carbonyl (C=O) groups excluding carboxylic acids is 1. The maximum Gasteiger partial charge on any atom is 0.160 e. The van der Waals surface area contributed by atoms with E-state index < -0.39 is 0 Å². The smallest absolute Gasteiger partial charge is 0.160 e. The summed E-state index contributed by atoms with van der Waals surface area (Å²) in [6.45, 7) is 3.18. The van der Waals surface area contributed by atoms with Crippen LogP contribution in [0.5, 0.6) is 0 Å². The van der Waals surface area contributed by atoms with Crippen LogP contribution in [0.1, 0.15) is 13.8 Å². The van der Waals surface area contributed by atoms with E-state index in [1.807, 2.05) is 0 Å². The van der Waals surface area contributed by atoms with E-state index in [1.54, 1.807) is 13.0 Å². The predicted molar refractivity (Wildman–Crippen MR) is 33.2 cm³/mol. The van der Waals surface area contributed by atoms with Crippen LogP contribution in [0.2, 0.25) is 0 Å². The van der Waals surface area contributed by atoms with Crippen LogP contribution >= 0.6 is 0 Å². The number of ketones is 1. The summed E-state index contributed by atoms with van der Waals surface area (Å²) in [5.41, 5.74) is 0.463. The van der Waals surface area contributed by atoms with Crippen molar-refractivity contribution in [3.8, 4) is 0 Å². The highest BCUT2D eigenvalue weighted by Crippen LogP contribution is 1.88. The zero-order valence-corrected chi connectivity index (χ0v) is 5.06. The Morgan fingerprint density at radius 3 is 2.12 bits per heavy atom. The van der Waals surface area contributed by atoms with Crippen molar-refractivity contribution < 1.29 is 4.79 Å². The molecule has 44 valence electrons. The minimum Gasteiger partial charge on any atom is -0.308 e. The summed E-state index contributed by atoms with van der Waals surface area (Å²) in [4.78, 5) is 10.4. The third-order valence-corrected chi connectivity index (χ3v) is 0.873. The molecule has 0 unspecified atom stereocenters. The topological polar surface area (TPSA) is 40.9 Å². The van der Waals surface area contributed by atoms with Gasteiger partial charge in [0.15, 0.2) is 5.78 Å². The zero-order chi connectivity index (χ0) is 6.57. The van der Waals surface area contributed by atoms with Gasteiger partial charge >= 0.3 is 0 Å². The van der Waals surface area contributed by atoms with E-state index in [9.17, 15) is 4.79 Å². The quantitative estimate of drug-likeness (QED) is 0.421. The second-order valence-electron chi connectivity index (χ2n) is 1.44. The Labute approximate surface area is 48.7 Å². The first-order valence-electron chi connectivity index (χ1n) is 2.40. The summed E-state index contributed by atoms with van der Waals surface area (Å²) in [7, 11) is 0. The first-order chi connectivity index (χ1) is 3.72. The van der Waals surface area contributed by atoms with Crippen LogP contribution in [-0.4, -0.2) is 12.0 Å². The molecule has 0 aromatic heterocycles. The van der Waals surface area contributed by atoms with Crippen molar-refractivity contribution in [2.75, 3.05) is 0 Å². The monoisotopic (exact) mass is 111 g/mol. The fourth-order valence-electron chi connectivity index (χ4n) is 0.388. The average Bonchev–Trinajstić information content (AvgIpc) is 1.69. The molecule has 8 heavy (non-hydrogen) atoms. The summed E-state index contributed by atoms with van der Waals surface area (Å²) >= 11 is 0. The van der Waals surface area contributed by atoms with Crippen molar-refractivity contribution in [2.45, 2.75) is 13.8 Å². The molecule has 0 aliphatic rings. The van der Waals surface area contributed by atoms with Crippen molar-refractivity contribution in [1.82, 2.24) is 0 Å². The Morgan fingerprint density at radius 2 is 2.12 bits per heavy atom. The van der Waals surface area contributed by atoms with Crippen LogP contribution in [0.4, 0.5) is 0 Å². The van der Waals surface area contributed by atoms with Gasteiger partial charge in [-0.1, -0.05) is 6.08 Å². The molecule has 1 N–H and O–H groups in total. The number of Topliss-reactive ketones (excluding diaryl/α,β-unsaturated/α-hetero) is 1. The summed E-state index contributed by atoms with van der Waals surface area (Å²) in [5, 5.41) is 6.68. The Kier molecular flexibility index (Phi) is 2.77. The fraction of sp³-hybridized carbons (Fsp3) is 0.333. The molecule has 2 heteroatoms. The minimum atomic E-state index is -0.0532.